The average molecular weight is 620 g/mol. The van der Waals surface area contributed by atoms with Crippen molar-refractivity contribution in [3.63, 3.8) is 0 Å². The van der Waals surface area contributed by atoms with Crippen LogP contribution >= 0.6 is 0 Å². The van der Waals surface area contributed by atoms with Gasteiger partial charge in [-0.15, -0.1) is 13.2 Å². The van der Waals surface area contributed by atoms with Crippen LogP contribution in [0.25, 0.3) is 11.1 Å². The van der Waals surface area contributed by atoms with E-state index in [4.69, 9.17) is 9.47 Å². The zero-order valence-corrected chi connectivity index (χ0v) is 25.2. The second kappa shape index (κ2) is 15.8. The third-order valence-electron chi connectivity index (χ3n) is 7.17. The molecule has 0 radical (unpaired) electrons. The van der Waals surface area contributed by atoms with Crippen molar-refractivity contribution in [2.24, 2.45) is 0 Å². The monoisotopic (exact) mass is 619 g/mol. The van der Waals surface area contributed by atoms with E-state index in [1.165, 1.54) is 24.3 Å². The van der Waals surface area contributed by atoms with Crippen LogP contribution in [0.3, 0.4) is 0 Å². The van der Waals surface area contributed by atoms with Gasteiger partial charge in [0.1, 0.15) is 17.2 Å². The molecule has 9 heteroatoms. The molecule has 0 fully saturated rings. The van der Waals surface area contributed by atoms with Crippen LogP contribution in [0.1, 0.15) is 66.2 Å². The lowest BCUT2D eigenvalue weighted by molar-refractivity contribution is -0.274. The summed E-state index contributed by atoms with van der Waals surface area (Å²) in [5.41, 5.74) is 2.71. The normalized spacial score (nSPS) is 11.8. The van der Waals surface area contributed by atoms with Crippen molar-refractivity contribution < 1.29 is 37.0 Å². The first-order valence-electron chi connectivity index (χ1n) is 14.9. The van der Waals surface area contributed by atoms with Gasteiger partial charge in [-0.2, -0.15) is 0 Å². The molecule has 1 N–H and O–H groups in total. The SMILES string of the molecule is CCCC(CCCCC(=O)c1ccc(OC)cc1)Oc1cccc(NC(=O)c2ccccc2-c2ccc(OC(F)(F)F)cc2)c1. The fraction of sp³-hybridized carbons (Fsp3) is 0.278. The summed E-state index contributed by atoms with van der Waals surface area (Å²) >= 11 is 0. The summed E-state index contributed by atoms with van der Waals surface area (Å²) in [5.74, 6) is 0.724. The summed E-state index contributed by atoms with van der Waals surface area (Å²) in [6.07, 6.45) is -0.199. The maximum atomic E-state index is 13.3. The van der Waals surface area contributed by atoms with Crippen LogP contribution in [0.5, 0.6) is 17.2 Å². The number of hydrogen-bond acceptors (Lipinski definition) is 5. The Morgan fingerprint density at radius 3 is 2.20 bits per heavy atom. The number of hydrogen-bond donors (Lipinski definition) is 1. The van der Waals surface area contributed by atoms with Crippen LogP contribution in [-0.2, 0) is 0 Å². The van der Waals surface area contributed by atoms with Crippen LogP contribution in [0.2, 0.25) is 0 Å². The molecule has 0 aliphatic carbocycles. The van der Waals surface area contributed by atoms with E-state index in [0.29, 0.717) is 45.9 Å². The number of methoxy groups -OCH3 is 1. The maximum absolute atomic E-state index is 13.3. The molecular weight excluding hydrogens is 583 g/mol. The van der Waals surface area contributed by atoms with Gasteiger partial charge in [-0.05, 0) is 91.4 Å². The van der Waals surface area contributed by atoms with Gasteiger partial charge in [0.05, 0.1) is 13.2 Å². The number of amides is 1. The average Bonchev–Trinajstić information content (AvgIpc) is 3.03. The summed E-state index contributed by atoms with van der Waals surface area (Å²) in [6.45, 7) is 2.09. The maximum Gasteiger partial charge on any atom is 0.573 e. The van der Waals surface area contributed by atoms with E-state index in [9.17, 15) is 22.8 Å². The van der Waals surface area contributed by atoms with Crippen molar-refractivity contribution in [2.45, 2.75) is 57.9 Å². The number of unbranched alkanes of at least 4 members (excludes halogenated alkanes) is 1. The Morgan fingerprint density at radius 2 is 1.51 bits per heavy atom. The van der Waals surface area contributed by atoms with Gasteiger partial charge in [0.15, 0.2) is 5.78 Å². The molecule has 236 valence electrons. The number of Topliss-reactive ketones (excluding diaryl/α,β-unsaturated/α-hetero) is 1. The molecule has 4 aromatic rings. The van der Waals surface area contributed by atoms with Crippen molar-refractivity contribution in [3.05, 3.63) is 108 Å². The molecule has 1 atom stereocenters. The predicted molar refractivity (Wildman–Crippen MR) is 168 cm³/mol. The fourth-order valence-electron chi connectivity index (χ4n) is 4.97. The van der Waals surface area contributed by atoms with E-state index < -0.39 is 6.36 Å². The van der Waals surface area contributed by atoms with E-state index in [0.717, 1.165) is 32.1 Å². The van der Waals surface area contributed by atoms with Crippen LogP contribution in [0.4, 0.5) is 18.9 Å². The van der Waals surface area contributed by atoms with Crippen molar-refractivity contribution in [1.82, 2.24) is 0 Å². The minimum absolute atomic E-state index is 0.0398. The second-order valence-corrected chi connectivity index (χ2v) is 10.5. The topological polar surface area (TPSA) is 73.9 Å². The standard InChI is InChI=1S/C36H36F3NO5/c1-3-9-29(11-4-7-15-34(41)26-18-20-28(43-2)21-19-26)44-31-12-8-10-27(24-31)40-35(42)33-14-6-5-13-32(33)25-16-22-30(23-17-25)45-36(37,38)39/h5-6,8,10,12-14,16-24,29H,3-4,7,9,11,15H2,1-2H3,(H,40,42). The number of anilines is 1. The number of carbonyl (C=O) groups is 2. The van der Waals surface area contributed by atoms with Crippen molar-refractivity contribution in [2.75, 3.05) is 12.4 Å². The molecule has 0 saturated carbocycles. The molecule has 0 aliphatic heterocycles. The van der Waals surface area contributed by atoms with E-state index in [1.54, 1.807) is 73.8 Å². The van der Waals surface area contributed by atoms with E-state index in [1.807, 2.05) is 6.07 Å². The number of nitrogens with one attached hydrogen (secondary N) is 1. The highest BCUT2D eigenvalue weighted by molar-refractivity contribution is 6.08. The van der Waals surface area contributed by atoms with Crippen LogP contribution in [-0.4, -0.2) is 31.3 Å². The summed E-state index contributed by atoms with van der Waals surface area (Å²) in [7, 11) is 1.59. The van der Waals surface area contributed by atoms with Gasteiger partial charge in [0, 0.05) is 29.3 Å². The number of ether oxygens (including phenoxy) is 3. The molecule has 1 amide bonds. The Balaban J connectivity index is 1.34. The third-order valence-corrected chi connectivity index (χ3v) is 7.17. The Labute approximate surface area is 261 Å². The first-order chi connectivity index (χ1) is 21.6. The highest BCUT2D eigenvalue weighted by Gasteiger charge is 2.31. The number of halogens is 3. The molecule has 0 aliphatic rings. The molecule has 6 nitrogen and oxygen atoms in total. The second-order valence-electron chi connectivity index (χ2n) is 10.5. The first kappa shape index (κ1) is 33.1. The molecule has 0 aromatic heterocycles. The van der Waals surface area contributed by atoms with Gasteiger partial charge in [-0.3, -0.25) is 9.59 Å². The lowest BCUT2D eigenvalue weighted by atomic mass is 9.99. The van der Waals surface area contributed by atoms with Gasteiger partial charge in [0.25, 0.3) is 5.91 Å². The number of benzene rings is 4. The highest BCUT2D eigenvalue weighted by atomic mass is 19.4. The van der Waals surface area contributed by atoms with E-state index >= 15 is 0 Å². The lowest BCUT2D eigenvalue weighted by Crippen LogP contribution is -2.17. The minimum Gasteiger partial charge on any atom is -0.497 e. The Kier molecular flexibility index (Phi) is 11.6. The first-order valence-corrected chi connectivity index (χ1v) is 14.9. The molecule has 45 heavy (non-hydrogen) atoms. The lowest BCUT2D eigenvalue weighted by Gasteiger charge is -2.19. The van der Waals surface area contributed by atoms with Crippen molar-refractivity contribution in [3.8, 4) is 28.4 Å². The molecule has 4 rings (SSSR count). The fourth-order valence-corrected chi connectivity index (χ4v) is 4.97. The van der Waals surface area contributed by atoms with Gasteiger partial charge in [-0.1, -0.05) is 49.7 Å². The Morgan fingerprint density at radius 1 is 0.800 bits per heavy atom. The van der Waals surface area contributed by atoms with Gasteiger partial charge >= 0.3 is 6.36 Å². The third kappa shape index (κ3) is 10.1. The van der Waals surface area contributed by atoms with Gasteiger partial charge in [0.2, 0.25) is 0 Å². The molecule has 0 bridgehead atoms. The number of rotatable bonds is 15. The molecule has 0 saturated heterocycles. The zero-order chi connectivity index (χ0) is 32.2. The van der Waals surface area contributed by atoms with Gasteiger partial charge in [-0.25, -0.2) is 0 Å². The smallest absolute Gasteiger partial charge is 0.497 e. The predicted octanol–water partition coefficient (Wildman–Crippen LogP) is 9.50. The van der Waals surface area contributed by atoms with Crippen LogP contribution in [0.15, 0.2) is 97.1 Å². The number of ketones is 1. The molecular formula is C36H36F3NO5. The molecule has 4 aromatic carbocycles. The largest absolute Gasteiger partial charge is 0.573 e. The van der Waals surface area contributed by atoms with Crippen LogP contribution < -0.4 is 19.5 Å². The quantitative estimate of drug-likeness (QED) is 0.106. The van der Waals surface area contributed by atoms with Crippen molar-refractivity contribution in [1.29, 1.82) is 0 Å². The highest BCUT2D eigenvalue weighted by Crippen LogP contribution is 2.29. The van der Waals surface area contributed by atoms with E-state index in [2.05, 4.69) is 17.0 Å². The van der Waals surface area contributed by atoms with Gasteiger partial charge < -0.3 is 19.5 Å². The van der Waals surface area contributed by atoms with Crippen molar-refractivity contribution >= 4 is 17.4 Å². The summed E-state index contributed by atoms with van der Waals surface area (Å²) in [5, 5.41) is 2.91. The van der Waals surface area contributed by atoms with Crippen LogP contribution in [0, 0.1) is 0 Å². The van der Waals surface area contributed by atoms with E-state index in [-0.39, 0.29) is 23.5 Å². The number of carbonyl (C=O) groups excluding carboxylic acids is 2. The molecule has 0 spiro atoms. The zero-order valence-electron chi connectivity index (χ0n) is 25.2. The molecule has 0 heterocycles. The number of alkyl halides is 3. The molecule has 1 unspecified atom stereocenters. The Bertz CT molecular complexity index is 1550. The summed E-state index contributed by atoms with van der Waals surface area (Å²) in [6, 6.07) is 26.5. The minimum atomic E-state index is -4.78. The summed E-state index contributed by atoms with van der Waals surface area (Å²) in [4.78, 5) is 25.8. The Hall–Kier alpha value is -4.79. The summed E-state index contributed by atoms with van der Waals surface area (Å²) < 4.78 is 53.0.